The van der Waals surface area contributed by atoms with E-state index in [0.29, 0.717) is 11.6 Å². The van der Waals surface area contributed by atoms with E-state index in [1.807, 2.05) is 54.6 Å². The molecule has 147 valence electrons. The monoisotopic (exact) mass is 473 g/mol. The van der Waals surface area contributed by atoms with Crippen molar-refractivity contribution < 1.29 is 9.53 Å². The zero-order valence-corrected chi connectivity index (χ0v) is 18.7. The first-order chi connectivity index (χ1) is 14.7. The average molecular weight is 473 g/mol. The van der Waals surface area contributed by atoms with E-state index in [0.717, 1.165) is 15.1 Å². The molecule has 3 aromatic carbocycles. The Morgan fingerprint density at radius 1 is 0.933 bits per heavy atom. The van der Waals surface area contributed by atoms with Crippen molar-refractivity contribution in [1.82, 2.24) is 4.98 Å². The van der Waals surface area contributed by atoms with Crippen LogP contribution in [0.5, 0.6) is 0 Å². The van der Waals surface area contributed by atoms with E-state index in [2.05, 4.69) is 29.2 Å². The van der Waals surface area contributed by atoms with Crippen LogP contribution in [0.4, 0.5) is 9.80 Å². The fraction of sp³-hybridized carbons (Fsp3) is 0.0833. The third kappa shape index (κ3) is 3.55. The topological polar surface area (TPSA) is 65.2 Å². The van der Waals surface area contributed by atoms with Crippen LogP contribution in [0.1, 0.15) is 17.0 Å². The quantitative estimate of drug-likeness (QED) is 0.428. The van der Waals surface area contributed by atoms with Crippen LogP contribution < -0.4 is 9.53 Å². The van der Waals surface area contributed by atoms with Crippen LogP contribution in [0.15, 0.2) is 78.9 Å². The van der Waals surface area contributed by atoms with Crippen LogP contribution in [-0.2, 0) is 4.74 Å². The van der Waals surface area contributed by atoms with Crippen LogP contribution in [0.25, 0.3) is 22.4 Å². The number of hydrogen-bond acceptors (Lipinski definition) is 5. The first kappa shape index (κ1) is 19.1. The molecule has 1 heterocycles. The van der Waals surface area contributed by atoms with Crippen LogP contribution >= 0.6 is 11.3 Å². The Labute approximate surface area is 185 Å². The number of benzene rings is 3. The van der Waals surface area contributed by atoms with Crippen molar-refractivity contribution >= 4 is 40.6 Å². The fourth-order valence-corrected chi connectivity index (χ4v) is 6.74. The molecule has 1 aliphatic carbocycles. The van der Waals surface area contributed by atoms with Crippen molar-refractivity contribution in [2.24, 2.45) is 0 Å². The molecule has 0 fully saturated rings. The molecule has 0 unspecified atom stereocenters. The van der Waals surface area contributed by atoms with Gasteiger partial charge in [0.2, 0.25) is 0 Å². The third-order valence-electron chi connectivity index (χ3n) is 5.21. The zero-order valence-electron chi connectivity index (χ0n) is 16.0. The van der Waals surface area contributed by atoms with Crippen molar-refractivity contribution in [3.05, 3.63) is 90.0 Å². The van der Waals surface area contributed by atoms with Gasteiger partial charge in [0, 0.05) is 0 Å². The van der Waals surface area contributed by atoms with Gasteiger partial charge in [-0.1, -0.05) is 0 Å². The molecule has 2 N–H and O–H groups in total. The standard InChI is InChI=1S/C24H18AsN2O2S/c26-22-21(15-8-2-1-3-9-15)27-23(30-22)25-24(28)29-14-20-18-12-6-4-10-16(18)17-11-5-7-13-19(17)20/h1-13,20H,14,26H2. The van der Waals surface area contributed by atoms with Gasteiger partial charge in [-0.25, -0.2) is 0 Å². The maximum atomic E-state index is 12.6. The summed E-state index contributed by atoms with van der Waals surface area (Å²) in [6.45, 7) is 0.342. The SMILES string of the molecule is Nc1sc([As]C(=O)OCC2c3ccccc3-c3ccccc32)nc1-c1ccccc1. The Balaban J connectivity index is 1.30. The molecule has 5 rings (SSSR count). The van der Waals surface area contributed by atoms with Gasteiger partial charge in [-0.05, 0) is 0 Å². The summed E-state index contributed by atoms with van der Waals surface area (Å²) in [5.74, 6) is 0.0730. The number of carbonyl (C=O) groups excluding carboxylic acids is 1. The number of fused-ring (bicyclic) bond motifs is 3. The molecule has 0 amide bonds. The van der Waals surface area contributed by atoms with Crippen molar-refractivity contribution in [3.8, 4) is 22.4 Å². The van der Waals surface area contributed by atoms with Gasteiger partial charge < -0.3 is 0 Å². The predicted molar refractivity (Wildman–Crippen MR) is 122 cm³/mol. The molecule has 1 radical (unpaired) electrons. The first-order valence-electron chi connectivity index (χ1n) is 9.59. The summed E-state index contributed by atoms with van der Waals surface area (Å²) < 4.78 is 6.30. The van der Waals surface area contributed by atoms with Gasteiger partial charge >= 0.3 is 186 Å². The van der Waals surface area contributed by atoms with Gasteiger partial charge in [-0.3, -0.25) is 0 Å². The number of carbonyl (C=O) groups is 1. The molecular formula is C24H18AsN2O2S. The molecule has 0 bridgehead atoms. The van der Waals surface area contributed by atoms with Gasteiger partial charge in [-0.2, -0.15) is 0 Å². The number of anilines is 1. The van der Waals surface area contributed by atoms with Crippen LogP contribution in [0.3, 0.4) is 0 Å². The number of aromatic nitrogens is 1. The summed E-state index contributed by atoms with van der Waals surface area (Å²) in [7, 11) is 0. The molecule has 0 atom stereocenters. The van der Waals surface area contributed by atoms with Gasteiger partial charge in [0.15, 0.2) is 0 Å². The normalized spacial score (nSPS) is 12.8. The van der Waals surface area contributed by atoms with Gasteiger partial charge in [-0.15, -0.1) is 0 Å². The summed E-state index contributed by atoms with van der Waals surface area (Å²) in [4.78, 5) is 17.2. The predicted octanol–water partition coefficient (Wildman–Crippen LogP) is 4.67. The molecule has 0 saturated heterocycles. The van der Waals surface area contributed by atoms with Gasteiger partial charge in [0.25, 0.3) is 0 Å². The van der Waals surface area contributed by atoms with E-state index < -0.39 is 15.8 Å². The van der Waals surface area contributed by atoms with Crippen molar-refractivity contribution in [2.75, 3.05) is 12.3 Å². The van der Waals surface area contributed by atoms with E-state index in [1.165, 1.54) is 33.6 Å². The number of rotatable bonds is 5. The number of nitrogens with zero attached hydrogens (tertiary/aromatic N) is 1. The molecule has 1 aliphatic rings. The Bertz CT molecular complexity index is 1180. The van der Waals surface area contributed by atoms with Crippen LogP contribution in [-0.4, -0.2) is 32.1 Å². The second kappa shape index (κ2) is 8.10. The number of hydrogen-bond donors (Lipinski definition) is 1. The molecule has 1 aromatic heterocycles. The van der Waals surface area contributed by atoms with E-state index in [9.17, 15) is 4.79 Å². The number of nitrogens with two attached hydrogens (primary N) is 1. The second-order valence-corrected chi connectivity index (χ2v) is 10.8. The minimum absolute atomic E-state index is 0.0730. The molecule has 0 spiro atoms. The summed E-state index contributed by atoms with van der Waals surface area (Å²) in [5, 5.41) is 0.637. The van der Waals surface area contributed by atoms with Gasteiger partial charge in [0.05, 0.1) is 0 Å². The van der Waals surface area contributed by atoms with Crippen molar-refractivity contribution in [2.45, 2.75) is 5.92 Å². The minimum atomic E-state index is -0.848. The van der Waals surface area contributed by atoms with Crippen LogP contribution in [0.2, 0.25) is 0 Å². The number of nitrogen functional groups attached to an aromatic ring is 1. The summed E-state index contributed by atoms with van der Waals surface area (Å²) >= 11 is 0.532. The second-order valence-electron chi connectivity index (χ2n) is 6.99. The summed E-state index contributed by atoms with van der Waals surface area (Å²) in [5.41, 5.74) is 12.7. The number of thiazole rings is 1. The fourth-order valence-electron chi connectivity index (χ4n) is 3.88. The Morgan fingerprint density at radius 3 is 2.20 bits per heavy atom. The maximum absolute atomic E-state index is 12.6. The molecule has 4 nitrogen and oxygen atoms in total. The molecule has 30 heavy (non-hydrogen) atoms. The van der Waals surface area contributed by atoms with E-state index in [-0.39, 0.29) is 10.7 Å². The molecule has 0 saturated carbocycles. The Kier molecular flexibility index (Phi) is 5.15. The average Bonchev–Trinajstić information content (AvgIpc) is 3.30. The third-order valence-corrected chi connectivity index (χ3v) is 8.21. The zero-order chi connectivity index (χ0) is 20.5. The molecule has 6 heteroatoms. The summed E-state index contributed by atoms with van der Waals surface area (Å²) in [6.07, 6.45) is 0. The van der Waals surface area contributed by atoms with Crippen LogP contribution in [0, 0.1) is 0 Å². The van der Waals surface area contributed by atoms with Crippen molar-refractivity contribution in [1.29, 1.82) is 0 Å². The first-order valence-corrected chi connectivity index (χ1v) is 12.3. The Morgan fingerprint density at radius 2 is 1.53 bits per heavy atom. The van der Waals surface area contributed by atoms with E-state index in [1.54, 1.807) is 0 Å². The molecular weight excluding hydrogens is 455 g/mol. The number of ether oxygens (including phenoxy) is 1. The van der Waals surface area contributed by atoms with E-state index >= 15 is 0 Å². The molecule has 0 aliphatic heterocycles. The Hall–Kier alpha value is -2.88. The van der Waals surface area contributed by atoms with Crippen molar-refractivity contribution in [3.63, 3.8) is 0 Å². The van der Waals surface area contributed by atoms with Gasteiger partial charge in [0.1, 0.15) is 0 Å². The van der Waals surface area contributed by atoms with E-state index in [4.69, 9.17) is 10.5 Å². The molecule has 4 aromatic rings. The summed E-state index contributed by atoms with van der Waals surface area (Å²) in [6, 6.07) is 26.5.